The number of aromatic amines is 1. The van der Waals surface area contributed by atoms with Crippen molar-refractivity contribution >= 4 is 22.9 Å². The second kappa shape index (κ2) is 5.67. The average molecular weight is 303 g/mol. The molecule has 1 fully saturated rings. The Morgan fingerprint density at radius 1 is 1.32 bits per heavy atom. The van der Waals surface area contributed by atoms with Gasteiger partial charge in [0.2, 0.25) is 5.91 Å². The van der Waals surface area contributed by atoms with E-state index in [0.717, 1.165) is 0 Å². The highest BCUT2D eigenvalue weighted by molar-refractivity contribution is 5.81. The Hall–Kier alpha value is -2.57. The molecule has 0 spiro atoms. The summed E-state index contributed by atoms with van der Waals surface area (Å²) in [5.41, 5.74) is 1.02. The van der Waals surface area contributed by atoms with E-state index in [9.17, 15) is 14.4 Å². The van der Waals surface area contributed by atoms with Crippen LogP contribution in [0.3, 0.4) is 0 Å². The molecule has 0 bridgehead atoms. The number of aromatic nitrogens is 2. The number of para-hydroxylation sites is 2. The summed E-state index contributed by atoms with van der Waals surface area (Å²) in [6.07, 6.45) is 1.26. The fourth-order valence-corrected chi connectivity index (χ4v) is 2.90. The number of hydrogen-bond donors (Lipinski definition) is 2. The van der Waals surface area contributed by atoms with Gasteiger partial charge in [-0.3, -0.25) is 14.2 Å². The third-order valence-electron chi connectivity index (χ3n) is 4.10. The molecule has 1 saturated heterocycles. The number of carbonyl (C=O) groups excluding carboxylic acids is 1. The summed E-state index contributed by atoms with van der Waals surface area (Å²) in [7, 11) is 0. The smallest absolute Gasteiger partial charge is 0.326 e. The van der Waals surface area contributed by atoms with Crippen molar-refractivity contribution in [2.45, 2.75) is 19.4 Å². The topological polar surface area (TPSA) is 95.4 Å². The lowest BCUT2D eigenvalue weighted by atomic mass is 9.98. The number of imidazole rings is 1. The molecule has 0 aliphatic carbocycles. The summed E-state index contributed by atoms with van der Waals surface area (Å²) in [6.45, 7) is 0.681. The number of hydrogen-bond acceptors (Lipinski definition) is 3. The minimum absolute atomic E-state index is 0.0742. The summed E-state index contributed by atoms with van der Waals surface area (Å²) >= 11 is 0. The van der Waals surface area contributed by atoms with E-state index in [0.29, 0.717) is 30.4 Å². The molecule has 0 saturated carbocycles. The van der Waals surface area contributed by atoms with Crippen LogP contribution < -0.4 is 5.69 Å². The molecule has 1 aromatic carbocycles. The van der Waals surface area contributed by atoms with Crippen LogP contribution in [-0.2, 0) is 16.1 Å². The van der Waals surface area contributed by atoms with Crippen LogP contribution in [0.1, 0.15) is 12.8 Å². The molecule has 7 nitrogen and oxygen atoms in total. The molecule has 116 valence electrons. The number of H-pyrrole nitrogens is 1. The molecular formula is C15H17N3O4. The molecule has 2 aromatic rings. The second-order valence-electron chi connectivity index (χ2n) is 5.55. The van der Waals surface area contributed by atoms with Gasteiger partial charge in [0.25, 0.3) is 0 Å². The fourth-order valence-electron chi connectivity index (χ4n) is 2.90. The van der Waals surface area contributed by atoms with Gasteiger partial charge in [0.1, 0.15) is 6.54 Å². The van der Waals surface area contributed by atoms with Gasteiger partial charge in [-0.15, -0.1) is 0 Å². The molecule has 1 aliphatic rings. The zero-order chi connectivity index (χ0) is 15.7. The number of carboxylic acid groups (broad SMARTS) is 1. The molecular weight excluding hydrogens is 286 g/mol. The van der Waals surface area contributed by atoms with Gasteiger partial charge in [-0.05, 0) is 25.0 Å². The average Bonchev–Trinajstić information content (AvgIpc) is 2.83. The van der Waals surface area contributed by atoms with Crippen molar-refractivity contribution in [3.63, 3.8) is 0 Å². The van der Waals surface area contributed by atoms with E-state index in [1.165, 1.54) is 9.47 Å². The van der Waals surface area contributed by atoms with Gasteiger partial charge >= 0.3 is 11.7 Å². The van der Waals surface area contributed by atoms with Gasteiger partial charge in [0.15, 0.2) is 0 Å². The van der Waals surface area contributed by atoms with Gasteiger partial charge in [-0.25, -0.2) is 4.79 Å². The van der Waals surface area contributed by atoms with Crippen LogP contribution in [-0.4, -0.2) is 44.5 Å². The minimum atomic E-state index is -0.873. The van der Waals surface area contributed by atoms with Crippen LogP contribution in [0.15, 0.2) is 29.1 Å². The van der Waals surface area contributed by atoms with Gasteiger partial charge < -0.3 is 15.0 Å². The zero-order valence-corrected chi connectivity index (χ0v) is 12.0. The zero-order valence-electron chi connectivity index (χ0n) is 12.0. The van der Waals surface area contributed by atoms with E-state index < -0.39 is 11.9 Å². The maximum Gasteiger partial charge on any atom is 0.326 e. The maximum atomic E-state index is 12.4. The highest BCUT2D eigenvalue weighted by Gasteiger charge is 2.28. The van der Waals surface area contributed by atoms with Gasteiger partial charge in [-0.1, -0.05) is 12.1 Å². The quantitative estimate of drug-likeness (QED) is 0.870. The third kappa shape index (κ3) is 2.61. The second-order valence-corrected chi connectivity index (χ2v) is 5.55. The number of amides is 1. The van der Waals surface area contributed by atoms with E-state index in [2.05, 4.69) is 4.98 Å². The monoisotopic (exact) mass is 303 g/mol. The summed E-state index contributed by atoms with van der Waals surface area (Å²) in [5, 5.41) is 9.08. The number of carbonyl (C=O) groups is 2. The minimum Gasteiger partial charge on any atom is -0.481 e. The number of aliphatic carboxylic acids is 1. The lowest BCUT2D eigenvalue weighted by molar-refractivity contribution is -0.145. The predicted octanol–water partition coefficient (Wildman–Crippen LogP) is 0.653. The normalized spacial score (nSPS) is 18.5. The highest BCUT2D eigenvalue weighted by atomic mass is 16.4. The van der Waals surface area contributed by atoms with Gasteiger partial charge in [-0.2, -0.15) is 0 Å². The molecule has 2 N–H and O–H groups in total. The maximum absolute atomic E-state index is 12.4. The molecule has 1 aromatic heterocycles. The van der Waals surface area contributed by atoms with Gasteiger partial charge in [0.05, 0.1) is 17.0 Å². The summed E-state index contributed by atoms with van der Waals surface area (Å²) in [4.78, 5) is 39.7. The van der Waals surface area contributed by atoms with Crippen LogP contribution in [0.2, 0.25) is 0 Å². The van der Waals surface area contributed by atoms with Crippen molar-refractivity contribution in [3.05, 3.63) is 34.7 Å². The third-order valence-corrected chi connectivity index (χ3v) is 4.10. The molecule has 7 heteroatoms. The molecule has 0 unspecified atom stereocenters. The van der Waals surface area contributed by atoms with Crippen molar-refractivity contribution in [1.29, 1.82) is 0 Å². The summed E-state index contributed by atoms with van der Waals surface area (Å²) in [5.74, 6) is -1.61. The van der Waals surface area contributed by atoms with E-state index >= 15 is 0 Å². The Morgan fingerprint density at radius 3 is 2.86 bits per heavy atom. The Morgan fingerprint density at radius 2 is 2.09 bits per heavy atom. The van der Waals surface area contributed by atoms with Crippen molar-refractivity contribution in [1.82, 2.24) is 14.5 Å². The number of likely N-dealkylation sites (tertiary alicyclic amines) is 1. The summed E-state index contributed by atoms with van der Waals surface area (Å²) < 4.78 is 1.39. The standard InChI is InChI=1S/C15H17N3O4/c19-13(17-7-3-4-10(8-17)14(20)21)9-18-12-6-2-1-5-11(12)16-15(18)22/h1-2,5-6,10H,3-4,7-9H2,(H,16,22)(H,20,21)/t10-/m1/s1. The van der Waals surface area contributed by atoms with Crippen LogP contribution in [0.25, 0.3) is 11.0 Å². The molecule has 1 atom stereocenters. The number of nitrogens with one attached hydrogen (secondary N) is 1. The van der Waals surface area contributed by atoms with Crippen LogP contribution in [0.5, 0.6) is 0 Å². The first-order valence-corrected chi connectivity index (χ1v) is 7.24. The Labute approximate surface area is 126 Å². The predicted molar refractivity (Wildman–Crippen MR) is 79.5 cm³/mol. The Kier molecular flexibility index (Phi) is 3.70. The first kappa shape index (κ1) is 14.4. The summed E-state index contributed by atoms with van der Waals surface area (Å²) in [6, 6.07) is 7.17. The van der Waals surface area contributed by atoms with Crippen molar-refractivity contribution in [3.8, 4) is 0 Å². The van der Waals surface area contributed by atoms with E-state index in [-0.39, 0.29) is 24.7 Å². The van der Waals surface area contributed by atoms with Gasteiger partial charge in [0, 0.05) is 13.1 Å². The van der Waals surface area contributed by atoms with Crippen LogP contribution in [0, 0.1) is 5.92 Å². The molecule has 22 heavy (non-hydrogen) atoms. The lowest BCUT2D eigenvalue weighted by Gasteiger charge is -2.30. The van der Waals surface area contributed by atoms with E-state index in [4.69, 9.17) is 5.11 Å². The van der Waals surface area contributed by atoms with E-state index in [1.54, 1.807) is 18.2 Å². The lowest BCUT2D eigenvalue weighted by Crippen LogP contribution is -2.44. The van der Waals surface area contributed by atoms with Crippen molar-refractivity contribution in [2.24, 2.45) is 5.92 Å². The first-order chi connectivity index (χ1) is 10.6. The molecule has 1 aliphatic heterocycles. The van der Waals surface area contributed by atoms with Crippen LogP contribution in [0.4, 0.5) is 0 Å². The fraction of sp³-hybridized carbons (Fsp3) is 0.400. The number of carboxylic acids is 1. The number of nitrogens with zero attached hydrogens (tertiary/aromatic N) is 2. The van der Waals surface area contributed by atoms with Crippen molar-refractivity contribution < 1.29 is 14.7 Å². The Balaban J connectivity index is 1.80. The number of rotatable bonds is 3. The number of fused-ring (bicyclic) bond motifs is 1. The van der Waals surface area contributed by atoms with E-state index in [1.807, 2.05) is 6.07 Å². The first-order valence-electron chi connectivity index (χ1n) is 7.24. The molecule has 2 heterocycles. The van der Waals surface area contributed by atoms with Crippen LogP contribution >= 0.6 is 0 Å². The molecule has 0 radical (unpaired) electrons. The highest BCUT2D eigenvalue weighted by Crippen LogP contribution is 2.17. The molecule has 1 amide bonds. The largest absolute Gasteiger partial charge is 0.481 e. The number of benzene rings is 1. The molecule has 3 rings (SSSR count). The van der Waals surface area contributed by atoms with Crippen molar-refractivity contribution in [2.75, 3.05) is 13.1 Å². The number of piperidine rings is 1. The SMILES string of the molecule is O=C(O)[C@@H]1CCCN(C(=O)Cn2c(=O)[nH]c3ccccc32)C1. The Bertz CT molecular complexity index is 776.